The summed E-state index contributed by atoms with van der Waals surface area (Å²) in [7, 11) is 6.14. The van der Waals surface area contributed by atoms with E-state index in [2.05, 4.69) is 0 Å². The topological polar surface area (TPSA) is 36.9 Å². The molecule has 0 aliphatic carbocycles. The van der Waals surface area contributed by atoms with E-state index < -0.39 is 0 Å². The summed E-state index contributed by atoms with van der Waals surface area (Å²) in [5.74, 6) is 1.47. The van der Waals surface area contributed by atoms with Gasteiger partial charge in [-0.25, -0.2) is 4.39 Å². The zero-order valence-electron chi connectivity index (χ0n) is 14.0. The second kappa shape index (κ2) is 7.22. The third-order valence-electron chi connectivity index (χ3n) is 3.86. The van der Waals surface area contributed by atoms with Gasteiger partial charge in [-0.2, -0.15) is 0 Å². The molecule has 1 atom stereocenters. The number of ether oxygens (including phenoxy) is 4. The molecule has 2 aromatic rings. The van der Waals surface area contributed by atoms with Crippen LogP contribution in [0.1, 0.15) is 24.0 Å². The molecule has 0 saturated carbocycles. The zero-order chi connectivity index (χ0) is 17.0. The first-order chi connectivity index (χ1) is 11.0. The van der Waals surface area contributed by atoms with E-state index in [-0.39, 0.29) is 17.5 Å². The lowest BCUT2D eigenvalue weighted by Gasteiger charge is -2.18. The monoisotopic (exact) mass is 320 g/mol. The van der Waals surface area contributed by atoms with Gasteiger partial charge in [0.25, 0.3) is 0 Å². The van der Waals surface area contributed by atoms with E-state index in [4.69, 9.17) is 18.9 Å². The third-order valence-corrected chi connectivity index (χ3v) is 3.86. The van der Waals surface area contributed by atoms with Gasteiger partial charge < -0.3 is 18.9 Å². The predicted molar refractivity (Wildman–Crippen MR) is 86.6 cm³/mol. The van der Waals surface area contributed by atoms with Crippen LogP contribution in [0.25, 0.3) is 0 Å². The van der Waals surface area contributed by atoms with Gasteiger partial charge in [-0.3, -0.25) is 0 Å². The quantitative estimate of drug-likeness (QED) is 0.806. The lowest BCUT2D eigenvalue weighted by molar-refractivity contribution is 0.323. The molecule has 4 nitrogen and oxygen atoms in total. The van der Waals surface area contributed by atoms with Crippen molar-refractivity contribution in [2.75, 3.05) is 28.4 Å². The first kappa shape index (κ1) is 16.9. The summed E-state index contributed by atoms with van der Waals surface area (Å²) in [5, 5.41) is 0. The second-order valence-electron chi connectivity index (χ2n) is 5.07. The van der Waals surface area contributed by atoms with Crippen LogP contribution in [0.3, 0.4) is 0 Å². The minimum absolute atomic E-state index is 0.0517. The van der Waals surface area contributed by atoms with Crippen LogP contribution in [0.15, 0.2) is 30.3 Å². The lowest BCUT2D eigenvalue weighted by Crippen LogP contribution is -2.01. The van der Waals surface area contributed by atoms with Crippen molar-refractivity contribution in [2.45, 2.75) is 12.8 Å². The average Bonchev–Trinajstić information content (AvgIpc) is 2.59. The second-order valence-corrected chi connectivity index (χ2v) is 5.07. The average molecular weight is 320 g/mol. The van der Waals surface area contributed by atoms with Gasteiger partial charge in [-0.05, 0) is 35.4 Å². The molecule has 0 aliphatic heterocycles. The van der Waals surface area contributed by atoms with Gasteiger partial charge >= 0.3 is 0 Å². The van der Waals surface area contributed by atoms with E-state index in [1.807, 2.05) is 25.1 Å². The van der Waals surface area contributed by atoms with Crippen LogP contribution >= 0.6 is 0 Å². The highest BCUT2D eigenvalue weighted by atomic mass is 19.1. The van der Waals surface area contributed by atoms with Gasteiger partial charge in [0.1, 0.15) is 0 Å². The van der Waals surface area contributed by atoms with Crippen molar-refractivity contribution >= 4 is 0 Å². The molecule has 1 unspecified atom stereocenters. The minimum atomic E-state index is -0.385. The summed E-state index contributed by atoms with van der Waals surface area (Å²) in [4.78, 5) is 0. The Bertz CT molecular complexity index is 660. The van der Waals surface area contributed by atoms with Crippen LogP contribution < -0.4 is 18.9 Å². The number of methoxy groups -OCH3 is 4. The SMILES string of the molecule is COc1ccc(C(C)c2cc(OC)c(OC)c(OC)c2)cc1F. The van der Waals surface area contributed by atoms with Crippen LogP contribution in [0.2, 0.25) is 0 Å². The summed E-state index contributed by atoms with van der Waals surface area (Å²) < 4.78 is 35.0. The van der Waals surface area contributed by atoms with Crippen molar-refractivity contribution in [1.82, 2.24) is 0 Å². The van der Waals surface area contributed by atoms with Crippen LogP contribution in [0.5, 0.6) is 23.0 Å². The van der Waals surface area contributed by atoms with Gasteiger partial charge in [0.2, 0.25) is 5.75 Å². The highest BCUT2D eigenvalue weighted by Crippen LogP contribution is 2.41. The van der Waals surface area contributed by atoms with Crippen LogP contribution in [0, 0.1) is 5.82 Å². The molecule has 0 aliphatic rings. The highest BCUT2D eigenvalue weighted by molar-refractivity contribution is 5.55. The van der Waals surface area contributed by atoms with Crippen molar-refractivity contribution in [2.24, 2.45) is 0 Å². The number of halogens is 1. The van der Waals surface area contributed by atoms with E-state index in [1.54, 1.807) is 27.4 Å². The Kier molecular flexibility index (Phi) is 5.32. The van der Waals surface area contributed by atoms with Crippen molar-refractivity contribution in [3.8, 4) is 23.0 Å². The Morgan fingerprint density at radius 2 is 1.30 bits per heavy atom. The maximum atomic E-state index is 13.9. The summed E-state index contributed by atoms with van der Waals surface area (Å²) in [6.07, 6.45) is 0. The Morgan fingerprint density at radius 3 is 1.74 bits per heavy atom. The molecule has 2 aromatic carbocycles. The fourth-order valence-electron chi connectivity index (χ4n) is 2.50. The highest BCUT2D eigenvalue weighted by Gasteiger charge is 2.18. The summed E-state index contributed by atoms with van der Waals surface area (Å²) in [5.41, 5.74) is 1.77. The van der Waals surface area contributed by atoms with Gasteiger partial charge in [-0.1, -0.05) is 13.0 Å². The Labute approximate surface area is 135 Å². The standard InChI is InChI=1S/C18H21FO4/c1-11(12-6-7-15(20-2)14(19)8-12)13-9-16(21-3)18(23-5)17(10-13)22-4/h6-11H,1-5H3. The Balaban J connectivity index is 2.46. The zero-order valence-corrected chi connectivity index (χ0v) is 14.0. The van der Waals surface area contributed by atoms with Crippen molar-refractivity contribution in [3.05, 3.63) is 47.3 Å². The van der Waals surface area contributed by atoms with Crippen LogP contribution in [-0.4, -0.2) is 28.4 Å². The maximum Gasteiger partial charge on any atom is 0.203 e. The number of benzene rings is 2. The summed E-state index contributed by atoms with van der Waals surface area (Å²) in [6, 6.07) is 8.68. The Morgan fingerprint density at radius 1 is 0.739 bits per heavy atom. The molecule has 0 heterocycles. The Hall–Kier alpha value is -2.43. The molecule has 2 rings (SSSR count). The van der Waals surface area contributed by atoms with E-state index in [1.165, 1.54) is 13.2 Å². The molecule has 23 heavy (non-hydrogen) atoms. The van der Waals surface area contributed by atoms with Crippen LogP contribution in [-0.2, 0) is 0 Å². The van der Waals surface area contributed by atoms with Crippen molar-refractivity contribution < 1.29 is 23.3 Å². The van der Waals surface area contributed by atoms with Crippen molar-refractivity contribution in [1.29, 1.82) is 0 Å². The van der Waals surface area contributed by atoms with Gasteiger partial charge in [0.05, 0.1) is 28.4 Å². The third kappa shape index (κ3) is 3.33. The molecule has 0 radical (unpaired) electrons. The van der Waals surface area contributed by atoms with Crippen molar-refractivity contribution in [3.63, 3.8) is 0 Å². The first-order valence-corrected chi connectivity index (χ1v) is 7.19. The molecule has 0 aromatic heterocycles. The summed E-state index contributed by atoms with van der Waals surface area (Å²) in [6.45, 7) is 1.99. The van der Waals surface area contributed by atoms with E-state index in [9.17, 15) is 4.39 Å². The normalized spacial score (nSPS) is 11.7. The van der Waals surface area contributed by atoms with Gasteiger partial charge in [0, 0.05) is 5.92 Å². The molecule has 0 bridgehead atoms. The predicted octanol–water partition coefficient (Wildman–Crippen LogP) is 4.01. The fourth-order valence-corrected chi connectivity index (χ4v) is 2.50. The molecular weight excluding hydrogens is 299 g/mol. The van der Waals surface area contributed by atoms with Gasteiger partial charge in [0.15, 0.2) is 23.1 Å². The molecule has 124 valence electrons. The molecule has 0 N–H and O–H groups in total. The molecular formula is C18H21FO4. The maximum absolute atomic E-state index is 13.9. The molecule has 0 fully saturated rings. The first-order valence-electron chi connectivity index (χ1n) is 7.19. The smallest absolute Gasteiger partial charge is 0.203 e. The lowest BCUT2D eigenvalue weighted by atomic mass is 9.92. The molecule has 0 saturated heterocycles. The fraction of sp³-hybridized carbons (Fsp3) is 0.333. The number of rotatable bonds is 6. The minimum Gasteiger partial charge on any atom is -0.494 e. The van der Waals surface area contributed by atoms with E-state index in [0.717, 1.165) is 11.1 Å². The molecule has 5 heteroatoms. The van der Waals surface area contributed by atoms with Gasteiger partial charge in [-0.15, -0.1) is 0 Å². The number of hydrogen-bond acceptors (Lipinski definition) is 4. The largest absolute Gasteiger partial charge is 0.494 e. The van der Waals surface area contributed by atoms with E-state index >= 15 is 0 Å². The molecule has 0 amide bonds. The summed E-state index contributed by atoms with van der Waals surface area (Å²) >= 11 is 0. The van der Waals surface area contributed by atoms with Crippen LogP contribution in [0.4, 0.5) is 4.39 Å². The van der Waals surface area contributed by atoms with E-state index in [0.29, 0.717) is 17.2 Å². The number of hydrogen-bond donors (Lipinski definition) is 0. The molecule has 0 spiro atoms.